The molecule has 2 aromatic carbocycles. The normalized spacial score (nSPS) is 11.4. The third-order valence-electron chi connectivity index (χ3n) is 3.37. The highest BCUT2D eigenvalue weighted by molar-refractivity contribution is 5.36. The second-order valence-electron chi connectivity index (χ2n) is 4.35. The van der Waals surface area contributed by atoms with Crippen LogP contribution in [0.3, 0.4) is 0 Å². The van der Waals surface area contributed by atoms with Gasteiger partial charge in [0.15, 0.2) is 0 Å². The van der Waals surface area contributed by atoms with Gasteiger partial charge < -0.3 is 4.74 Å². The van der Waals surface area contributed by atoms with Crippen LogP contribution in [-0.4, -0.2) is 6.61 Å². The first-order valence-corrected chi connectivity index (χ1v) is 6.58. The molecule has 1 heteroatoms. The third-order valence-corrected chi connectivity index (χ3v) is 3.37. The van der Waals surface area contributed by atoms with E-state index in [0.717, 1.165) is 6.42 Å². The zero-order valence-corrected chi connectivity index (χ0v) is 11.1. The molecule has 0 aliphatic carbocycles. The van der Waals surface area contributed by atoms with Crippen molar-refractivity contribution in [1.82, 2.24) is 0 Å². The van der Waals surface area contributed by atoms with Crippen LogP contribution in [0.4, 0.5) is 0 Å². The smallest absolute Gasteiger partial charge is 0.118 e. The summed E-state index contributed by atoms with van der Waals surface area (Å²) in [4.78, 5) is 0. The second-order valence-corrected chi connectivity index (χ2v) is 4.35. The Labute approximate surface area is 109 Å². The molecule has 2 rings (SSSR count). The Balaban J connectivity index is 2.53. The van der Waals surface area contributed by atoms with Gasteiger partial charge in [0.2, 0.25) is 0 Å². The Morgan fingerprint density at radius 2 is 1.22 bits per heavy atom. The summed E-state index contributed by atoms with van der Waals surface area (Å²) >= 11 is 0. The molecule has 2 aromatic rings. The van der Waals surface area contributed by atoms with Crippen molar-refractivity contribution >= 4 is 0 Å². The highest BCUT2D eigenvalue weighted by Gasteiger charge is 2.32. The summed E-state index contributed by atoms with van der Waals surface area (Å²) in [5.74, 6) is 0. The Kier molecular flexibility index (Phi) is 4.16. The molecular weight excluding hydrogens is 220 g/mol. The molecular formula is C17H20O. The Morgan fingerprint density at radius 1 is 0.778 bits per heavy atom. The maximum Gasteiger partial charge on any atom is 0.118 e. The molecule has 0 saturated heterocycles. The Morgan fingerprint density at radius 3 is 1.56 bits per heavy atom. The number of ether oxygens (including phenoxy) is 1. The van der Waals surface area contributed by atoms with Gasteiger partial charge in [-0.2, -0.15) is 0 Å². The maximum absolute atomic E-state index is 6.15. The van der Waals surface area contributed by atoms with Crippen molar-refractivity contribution in [3.63, 3.8) is 0 Å². The molecule has 0 atom stereocenters. The lowest BCUT2D eigenvalue weighted by molar-refractivity contribution is -0.0140. The highest BCUT2D eigenvalue weighted by Crippen LogP contribution is 2.36. The third kappa shape index (κ3) is 2.32. The molecule has 0 aromatic heterocycles. The molecule has 1 nitrogen and oxygen atoms in total. The molecule has 0 aliphatic heterocycles. The van der Waals surface area contributed by atoms with Crippen molar-refractivity contribution in [2.75, 3.05) is 6.61 Å². The fraction of sp³-hybridized carbons (Fsp3) is 0.294. The first-order valence-electron chi connectivity index (χ1n) is 6.58. The molecule has 94 valence electrons. The quantitative estimate of drug-likeness (QED) is 0.753. The first-order chi connectivity index (χ1) is 8.83. The van der Waals surface area contributed by atoms with Crippen LogP contribution in [-0.2, 0) is 10.3 Å². The van der Waals surface area contributed by atoms with E-state index >= 15 is 0 Å². The molecule has 0 amide bonds. The predicted octanol–water partition coefficient (Wildman–Crippen LogP) is 4.38. The number of hydrogen-bond acceptors (Lipinski definition) is 1. The van der Waals surface area contributed by atoms with E-state index in [-0.39, 0.29) is 5.60 Å². The molecule has 0 spiro atoms. The summed E-state index contributed by atoms with van der Waals surface area (Å²) in [6.07, 6.45) is 0.925. The molecule has 0 unspecified atom stereocenters. The lowest BCUT2D eigenvalue weighted by Crippen LogP contribution is -2.30. The predicted molar refractivity (Wildman–Crippen MR) is 75.6 cm³/mol. The van der Waals surface area contributed by atoms with Gasteiger partial charge in [0.1, 0.15) is 5.60 Å². The molecule has 0 heterocycles. The zero-order chi connectivity index (χ0) is 12.8. The second kappa shape index (κ2) is 5.83. The van der Waals surface area contributed by atoms with Gasteiger partial charge in [-0.1, -0.05) is 67.6 Å². The van der Waals surface area contributed by atoms with Crippen LogP contribution < -0.4 is 0 Å². The SMILES string of the molecule is CCOC(CC)(c1ccccc1)c1ccccc1. The van der Waals surface area contributed by atoms with Crippen molar-refractivity contribution in [3.8, 4) is 0 Å². The van der Waals surface area contributed by atoms with Crippen molar-refractivity contribution < 1.29 is 4.74 Å². The minimum atomic E-state index is -0.322. The summed E-state index contributed by atoms with van der Waals surface area (Å²) in [7, 11) is 0. The zero-order valence-electron chi connectivity index (χ0n) is 11.1. The van der Waals surface area contributed by atoms with Crippen LogP contribution >= 0.6 is 0 Å². The largest absolute Gasteiger partial charge is 0.366 e. The van der Waals surface area contributed by atoms with Gasteiger partial charge in [-0.25, -0.2) is 0 Å². The van der Waals surface area contributed by atoms with Crippen molar-refractivity contribution in [2.24, 2.45) is 0 Å². The van der Waals surface area contributed by atoms with Gasteiger partial charge >= 0.3 is 0 Å². The molecule has 0 bridgehead atoms. The van der Waals surface area contributed by atoms with Gasteiger partial charge in [-0.05, 0) is 24.5 Å². The Bertz CT molecular complexity index is 422. The molecule has 0 saturated carbocycles. The fourth-order valence-corrected chi connectivity index (χ4v) is 2.50. The minimum Gasteiger partial charge on any atom is -0.366 e. The van der Waals surface area contributed by atoms with Crippen LogP contribution in [0.15, 0.2) is 60.7 Å². The van der Waals surface area contributed by atoms with E-state index in [4.69, 9.17) is 4.74 Å². The molecule has 0 fully saturated rings. The van der Waals surface area contributed by atoms with Crippen molar-refractivity contribution in [3.05, 3.63) is 71.8 Å². The number of benzene rings is 2. The van der Waals surface area contributed by atoms with E-state index in [9.17, 15) is 0 Å². The van der Waals surface area contributed by atoms with Crippen LogP contribution in [0.1, 0.15) is 31.4 Å². The topological polar surface area (TPSA) is 9.23 Å². The number of rotatable bonds is 5. The van der Waals surface area contributed by atoms with Crippen LogP contribution in [0.2, 0.25) is 0 Å². The van der Waals surface area contributed by atoms with Crippen molar-refractivity contribution in [2.45, 2.75) is 25.9 Å². The van der Waals surface area contributed by atoms with E-state index in [2.05, 4.69) is 62.4 Å². The van der Waals surface area contributed by atoms with Crippen LogP contribution in [0.25, 0.3) is 0 Å². The standard InChI is InChI=1S/C17H20O/c1-3-17(18-4-2,15-11-7-5-8-12-15)16-13-9-6-10-14-16/h5-14H,3-4H2,1-2H3. The maximum atomic E-state index is 6.15. The van der Waals surface area contributed by atoms with Gasteiger partial charge in [-0.3, -0.25) is 0 Å². The van der Waals surface area contributed by atoms with E-state index in [1.807, 2.05) is 12.1 Å². The molecule has 18 heavy (non-hydrogen) atoms. The molecule has 0 radical (unpaired) electrons. The first kappa shape index (κ1) is 12.8. The van der Waals surface area contributed by atoms with E-state index in [0.29, 0.717) is 6.61 Å². The summed E-state index contributed by atoms with van der Waals surface area (Å²) in [5, 5.41) is 0. The number of hydrogen-bond donors (Lipinski definition) is 0. The van der Waals surface area contributed by atoms with E-state index in [1.165, 1.54) is 11.1 Å². The fourth-order valence-electron chi connectivity index (χ4n) is 2.50. The molecule has 0 aliphatic rings. The lowest BCUT2D eigenvalue weighted by Gasteiger charge is -2.34. The monoisotopic (exact) mass is 240 g/mol. The van der Waals surface area contributed by atoms with Crippen LogP contribution in [0.5, 0.6) is 0 Å². The van der Waals surface area contributed by atoms with Gasteiger partial charge in [-0.15, -0.1) is 0 Å². The summed E-state index contributed by atoms with van der Waals surface area (Å²) in [5.41, 5.74) is 2.12. The van der Waals surface area contributed by atoms with Gasteiger partial charge in [0, 0.05) is 6.61 Å². The summed E-state index contributed by atoms with van der Waals surface area (Å²) < 4.78 is 6.15. The van der Waals surface area contributed by atoms with E-state index in [1.54, 1.807) is 0 Å². The van der Waals surface area contributed by atoms with Crippen molar-refractivity contribution in [1.29, 1.82) is 0 Å². The average Bonchev–Trinajstić information content (AvgIpc) is 2.47. The molecule has 0 N–H and O–H groups in total. The van der Waals surface area contributed by atoms with Gasteiger partial charge in [0.05, 0.1) is 0 Å². The highest BCUT2D eigenvalue weighted by atomic mass is 16.5. The summed E-state index contributed by atoms with van der Waals surface area (Å²) in [6, 6.07) is 20.9. The Hall–Kier alpha value is -1.60. The minimum absolute atomic E-state index is 0.322. The summed E-state index contributed by atoms with van der Waals surface area (Å²) in [6.45, 7) is 4.93. The van der Waals surface area contributed by atoms with Crippen LogP contribution in [0, 0.1) is 0 Å². The lowest BCUT2D eigenvalue weighted by atomic mass is 9.84. The van der Waals surface area contributed by atoms with Gasteiger partial charge in [0.25, 0.3) is 0 Å². The average molecular weight is 240 g/mol. The van der Waals surface area contributed by atoms with E-state index < -0.39 is 0 Å².